The fourth-order valence-corrected chi connectivity index (χ4v) is 3.64. The van der Waals surface area contributed by atoms with Gasteiger partial charge in [0.2, 0.25) is 5.16 Å². The minimum absolute atomic E-state index is 0. The lowest BCUT2D eigenvalue weighted by Crippen LogP contribution is -3.00. The van der Waals surface area contributed by atoms with E-state index in [1.807, 2.05) is 48.5 Å². The highest BCUT2D eigenvalue weighted by atomic mass is 35.5. The number of para-hydroxylation sites is 1. The first-order chi connectivity index (χ1) is 12.3. The van der Waals surface area contributed by atoms with Crippen LogP contribution >= 0.6 is 35.0 Å². The van der Waals surface area contributed by atoms with Gasteiger partial charge in [-0.2, -0.15) is 4.68 Å². The van der Waals surface area contributed by atoms with Crippen LogP contribution in [-0.2, 0) is 6.54 Å². The normalized spacial score (nSPS) is 10.5. The molecule has 2 aromatic carbocycles. The molecule has 3 aromatic rings. The number of hydrogen-bond donors (Lipinski definition) is 1. The molecule has 0 aliphatic rings. The van der Waals surface area contributed by atoms with Gasteiger partial charge >= 0.3 is 0 Å². The summed E-state index contributed by atoms with van der Waals surface area (Å²) in [6.45, 7) is 1.52. The third-order valence-corrected chi connectivity index (χ3v) is 5.25. The molecule has 0 saturated heterocycles. The maximum absolute atomic E-state index is 6.16. The zero-order valence-corrected chi connectivity index (χ0v) is 16.9. The van der Waals surface area contributed by atoms with Crippen LogP contribution < -0.4 is 17.7 Å². The molecular formula is C17H17Cl3N5S-. The fraction of sp³-hybridized carbons (Fsp3) is 0.235. The highest BCUT2D eigenvalue weighted by Crippen LogP contribution is 2.24. The van der Waals surface area contributed by atoms with Gasteiger partial charge in [-0.25, -0.2) is 0 Å². The minimum atomic E-state index is 0. The van der Waals surface area contributed by atoms with Gasteiger partial charge in [0.05, 0.1) is 5.69 Å². The lowest BCUT2D eigenvalue weighted by Gasteiger charge is -2.08. The van der Waals surface area contributed by atoms with Crippen molar-refractivity contribution in [3.05, 3.63) is 64.1 Å². The van der Waals surface area contributed by atoms with Crippen molar-refractivity contribution in [3.8, 4) is 5.69 Å². The van der Waals surface area contributed by atoms with Crippen LogP contribution in [0.3, 0.4) is 0 Å². The van der Waals surface area contributed by atoms with Crippen LogP contribution in [0.1, 0.15) is 12.0 Å². The van der Waals surface area contributed by atoms with E-state index in [-0.39, 0.29) is 12.4 Å². The van der Waals surface area contributed by atoms with Crippen molar-refractivity contribution in [2.75, 3.05) is 12.3 Å². The fourth-order valence-electron chi connectivity index (χ4n) is 2.28. The summed E-state index contributed by atoms with van der Waals surface area (Å²) in [5, 5.41) is 17.5. The quantitative estimate of drug-likeness (QED) is 0.431. The van der Waals surface area contributed by atoms with Gasteiger partial charge in [-0.3, -0.25) is 0 Å². The Kier molecular flexibility index (Phi) is 8.68. The van der Waals surface area contributed by atoms with Crippen molar-refractivity contribution in [2.45, 2.75) is 18.1 Å². The average molecular weight is 430 g/mol. The van der Waals surface area contributed by atoms with Crippen LogP contribution in [0.15, 0.2) is 53.7 Å². The van der Waals surface area contributed by atoms with Crippen LogP contribution in [0, 0.1) is 0 Å². The average Bonchev–Trinajstić information content (AvgIpc) is 3.09. The predicted molar refractivity (Wildman–Crippen MR) is 103 cm³/mol. The first-order valence-corrected chi connectivity index (χ1v) is 9.60. The van der Waals surface area contributed by atoms with Crippen LogP contribution in [0.2, 0.25) is 10.0 Å². The highest BCUT2D eigenvalue weighted by molar-refractivity contribution is 7.99. The third-order valence-electron chi connectivity index (χ3n) is 3.53. The maximum Gasteiger partial charge on any atom is 0.214 e. The van der Waals surface area contributed by atoms with Gasteiger partial charge in [0.25, 0.3) is 0 Å². The molecule has 5 nitrogen and oxygen atoms in total. The number of halogens is 3. The molecule has 0 spiro atoms. The van der Waals surface area contributed by atoms with E-state index in [2.05, 4.69) is 20.8 Å². The monoisotopic (exact) mass is 428 g/mol. The molecule has 0 saturated carbocycles. The molecule has 0 radical (unpaired) electrons. The van der Waals surface area contributed by atoms with E-state index in [1.165, 1.54) is 0 Å². The van der Waals surface area contributed by atoms with Gasteiger partial charge < -0.3 is 17.7 Å². The Morgan fingerprint density at radius 1 is 1.00 bits per heavy atom. The number of benzene rings is 2. The molecular weight excluding hydrogens is 413 g/mol. The summed E-state index contributed by atoms with van der Waals surface area (Å²) in [7, 11) is 0. The SMILES string of the molecule is Clc1cccc(Cl)c1CNCCCSc1nnnn1-c1ccccc1.[Cl-]. The molecule has 0 aliphatic carbocycles. The summed E-state index contributed by atoms with van der Waals surface area (Å²) < 4.78 is 1.75. The Bertz CT molecular complexity index is 793. The van der Waals surface area contributed by atoms with Gasteiger partial charge in [0.1, 0.15) is 0 Å². The minimum Gasteiger partial charge on any atom is -1.00 e. The van der Waals surface area contributed by atoms with Crippen LogP contribution in [0.4, 0.5) is 0 Å². The molecule has 0 aliphatic heterocycles. The van der Waals surface area contributed by atoms with Gasteiger partial charge in [-0.05, 0) is 47.7 Å². The van der Waals surface area contributed by atoms with E-state index in [9.17, 15) is 0 Å². The summed E-state index contributed by atoms with van der Waals surface area (Å²) >= 11 is 14.0. The van der Waals surface area contributed by atoms with Crippen molar-refractivity contribution in [1.82, 2.24) is 25.5 Å². The van der Waals surface area contributed by atoms with E-state index in [0.717, 1.165) is 35.1 Å². The van der Waals surface area contributed by atoms with Crippen molar-refractivity contribution >= 4 is 35.0 Å². The number of rotatable bonds is 8. The van der Waals surface area contributed by atoms with Gasteiger partial charge in [-0.15, -0.1) is 5.10 Å². The summed E-state index contributed by atoms with van der Waals surface area (Å²) in [6.07, 6.45) is 0.981. The Morgan fingerprint density at radius 2 is 1.73 bits per heavy atom. The zero-order chi connectivity index (χ0) is 17.5. The van der Waals surface area contributed by atoms with Crippen LogP contribution in [0.5, 0.6) is 0 Å². The van der Waals surface area contributed by atoms with Crippen LogP contribution in [0.25, 0.3) is 5.69 Å². The predicted octanol–water partition coefficient (Wildman–Crippen LogP) is 1.25. The molecule has 0 fully saturated rings. The van der Waals surface area contributed by atoms with Crippen molar-refractivity contribution in [3.63, 3.8) is 0 Å². The molecule has 26 heavy (non-hydrogen) atoms. The zero-order valence-electron chi connectivity index (χ0n) is 13.8. The summed E-state index contributed by atoms with van der Waals surface area (Å²) in [5.41, 5.74) is 1.90. The molecule has 0 bridgehead atoms. The summed E-state index contributed by atoms with van der Waals surface area (Å²) in [5.74, 6) is 0.913. The molecule has 0 unspecified atom stereocenters. The first kappa shape index (κ1) is 21.0. The number of thioether (sulfide) groups is 1. The highest BCUT2D eigenvalue weighted by Gasteiger charge is 2.08. The molecule has 0 atom stereocenters. The number of nitrogens with one attached hydrogen (secondary N) is 1. The first-order valence-electron chi connectivity index (χ1n) is 7.86. The van der Waals surface area contributed by atoms with E-state index < -0.39 is 0 Å². The molecule has 3 rings (SSSR count). The van der Waals surface area contributed by atoms with Gasteiger partial charge in [-0.1, -0.05) is 59.2 Å². The van der Waals surface area contributed by atoms with Crippen LogP contribution in [-0.4, -0.2) is 32.5 Å². The number of tetrazole rings is 1. The largest absolute Gasteiger partial charge is 1.00 e. The molecule has 9 heteroatoms. The van der Waals surface area contributed by atoms with E-state index in [0.29, 0.717) is 16.6 Å². The molecule has 1 aromatic heterocycles. The molecule has 1 N–H and O–H groups in total. The molecule has 0 amide bonds. The second-order valence-corrected chi connectivity index (χ2v) is 7.16. The Balaban J connectivity index is 0.00000243. The number of hydrogen-bond acceptors (Lipinski definition) is 5. The smallest absolute Gasteiger partial charge is 0.214 e. The van der Waals surface area contributed by atoms with Gasteiger partial charge in [0.15, 0.2) is 0 Å². The molecule has 1 heterocycles. The third kappa shape index (κ3) is 5.59. The van der Waals surface area contributed by atoms with E-state index in [1.54, 1.807) is 16.4 Å². The van der Waals surface area contributed by atoms with Crippen molar-refractivity contribution in [1.29, 1.82) is 0 Å². The van der Waals surface area contributed by atoms with Crippen molar-refractivity contribution in [2.24, 2.45) is 0 Å². The second kappa shape index (κ2) is 10.7. The Morgan fingerprint density at radius 3 is 2.46 bits per heavy atom. The number of nitrogens with zero attached hydrogens (tertiary/aromatic N) is 4. The maximum atomic E-state index is 6.16. The summed E-state index contributed by atoms with van der Waals surface area (Å²) in [4.78, 5) is 0. The van der Waals surface area contributed by atoms with E-state index >= 15 is 0 Å². The summed E-state index contributed by atoms with van der Waals surface area (Å²) in [6, 6.07) is 15.4. The topological polar surface area (TPSA) is 55.6 Å². The van der Waals surface area contributed by atoms with E-state index in [4.69, 9.17) is 23.2 Å². The Hall–Kier alpha value is -1.31. The second-order valence-electron chi connectivity index (χ2n) is 5.29. The van der Waals surface area contributed by atoms with Crippen molar-refractivity contribution < 1.29 is 12.4 Å². The Labute approximate surface area is 172 Å². The standard InChI is InChI=1S/C17H17Cl2N5S.ClH/c18-15-8-4-9-16(19)14(15)12-20-10-5-11-25-17-21-22-23-24(17)13-6-2-1-3-7-13;/h1-4,6-9,20H,5,10-12H2;1H/p-1. The molecule has 138 valence electrons. The number of aromatic nitrogens is 4. The van der Waals surface area contributed by atoms with Gasteiger partial charge in [0, 0.05) is 27.9 Å². The lowest BCUT2D eigenvalue weighted by atomic mass is 10.2. The lowest BCUT2D eigenvalue weighted by molar-refractivity contribution is -0.00000497.